The van der Waals surface area contributed by atoms with Crippen LogP contribution in [0.1, 0.15) is 24.4 Å². The third-order valence-electron chi connectivity index (χ3n) is 3.99. The maximum atomic E-state index is 13.2. The summed E-state index contributed by atoms with van der Waals surface area (Å²) < 4.78 is 44.6. The molecule has 0 aromatic heterocycles. The Hall–Kier alpha value is -2.25. The van der Waals surface area contributed by atoms with Crippen molar-refractivity contribution in [3.8, 4) is 5.75 Å². The highest BCUT2D eigenvalue weighted by molar-refractivity contribution is 5.86. The van der Waals surface area contributed by atoms with E-state index in [2.05, 4.69) is 0 Å². The molecular formula is C15H16F3NO4. The number of carboxylic acids is 1. The molecule has 0 radical (unpaired) electrons. The second-order valence-corrected chi connectivity index (χ2v) is 5.38. The van der Waals surface area contributed by atoms with E-state index in [1.165, 1.54) is 31.4 Å². The van der Waals surface area contributed by atoms with E-state index in [-0.39, 0.29) is 12.0 Å². The first-order chi connectivity index (χ1) is 10.7. The van der Waals surface area contributed by atoms with Crippen LogP contribution in [0.25, 0.3) is 0 Å². The van der Waals surface area contributed by atoms with Gasteiger partial charge in [0.1, 0.15) is 5.75 Å². The van der Waals surface area contributed by atoms with Gasteiger partial charge in [0.15, 0.2) is 6.04 Å². The molecule has 1 aliphatic carbocycles. The molecule has 0 heterocycles. The zero-order valence-electron chi connectivity index (χ0n) is 12.3. The summed E-state index contributed by atoms with van der Waals surface area (Å²) in [5, 5.41) is 10.8. The average Bonchev–Trinajstić information content (AvgIpc) is 2.42. The third-order valence-corrected chi connectivity index (χ3v) is 3.99. The van der Waals surface area contributed by atoms with Crippen LogP contribution in [-0.4, -0.2) is 30.3 Å². The van der Waals surface area contributed by atoms with Crippen molar-refractivity contribution in [2.45, 2.75) is 25.1 Å². The molecule has 2 N–H and O–H groups in total. The van der Waals surface area contributed by atoms with Gasteiger partial charge in [0.25, 0.3) is 0 Å². The number of ether oxygens (including phenoxy) is 1. The van der Waals surface area contributed by atoms with Gasteiger partial charge in [-0.2, -0.15) is 13.2 Å². The number of alkyl halides is 3. The van der Waals surface area contributed by atoms with Crippen molar-refractivity contribution in [1.29, 1.82) is 0 Å². The molecule has 1 amide bonds. The summed E-state index contributed by atoms with van der Waals surface area (Å²) in [4.78, 5) is 22.9. The first-order valence-electron chi connectivity index (χ1n) is 6.98. The van der Waals surface area contributed by atoms with Gasteiger partial charge in [0.2, 0.25) is 5.91 Å². The van der Waals surface area contributed by atoms with Crippen LogP contribution in [0.5, 0.6) is 5.75 Å². The topological polar surface area (TPSA) is 75.6 Å². The van der Waals surface area contributed by atoms with Gasteiger partial charge < -0.3 is 15.2 Å². The first kappa shape index (κ1) is 17.1. The molecule has 0 spiro atoms. The van der Waals surface area contributed by atoms with Crippen molar-refractivity contribution in [2.24, 2.45) is 11.8 Å². The van der Waals surface area contributed by atoms with Crippen LogP contribution in [-0.2, 0) is 9.59 Å². The molecule has 3 unspecified atom stereocenters. The number of benzene rings is 1. The van der Waals surface area contributed by atoms with Crippen molar-refractivity contribution in [2.75, 3.05) is 7.11 Å². The number of carbonyl (C=O) groups is 2. The van der Waals surface area contributed by atoms with Crippen molar-refractivity contribution in [3.05, 3.63) is 29.8 Å². The summed E-state index contributed by atoms with van der Waals surface area (Å²) >= 11 is 0. The molecule has 2 rings (SSSR count). The normalized spacial score (nSPS) is 21.9. The molecule has 126 valence electrons. The quantitative estimate of drug-likeness (QED) is 0.869. The maximum absolute atomic E-state index is 13.2. The van der Waals surface area contributed by atoms with Crippen molar-refractivity contribution in [1.82, 2.24) is 5.32 Å². The average molecular weight is 331 g/mol. The number of halogens is 3. The Morgan fingerprint density at radius 2 is 1.78 bits per heavy atom. The number of hydrogen-bond donors (Lipinski definition) is 2. The van der Waals surface area contributed by atoms with Crippen LogP contribution in [0.2, 0.25) is 0 Å². The van der Waals surface area contributed by atoms with E-state index in [0.717, 1.165) is 0 Å². The Labute approximate surface area is 130 Å². The number of amides is 1. The maximum Gasteiger partial charge on any atom is 0.412 e. The number of carbonyl (C=O) groups excluding carboxylic acids is 1. The molecule has 23 heavy (non-hydrogen) atoms. The Morgan fingerprint density at radius 1 is 1.22 bits per heavy atom. The second-order valence-electron chi connectivity index (χ2n) is 5.38. The Bertz CT molecular complexity index is 585. The van der Waals surface area contributed by atoms with Crippen LogP contribution in [0.15, 0.2) is 24.3 Å². The monoisotopic (exact) mass is 331 g/mol. The lowest BCUT2D eigenvalue weighted by atomic mass is 9.73. The zero-order valence-corrected chi connectivity index (χ0v) is 12.3. The van der Waals surface area contributed by atoms with Gasteiger partial charge in [0, 0.05) is 0 Å². The molecule has 1 aliphatic rings. The lowest BCUT2D eigenvalue weighted by Gasteiger charge is -2.33. The molecule has 8 heteroatoms. The molecule has 5 nitrogen and oxygen atoms in total. The molecule has 1 aromatic carbocycles. The van der Waals surface area contributed by atoms with Crippen LogP contribution in [0, 0.1) is 11.8 Å². The SMILES string of the molecule is COc1ccc(C(NC(=O)C2CCC2C(=O)O)C(F)(F)F)cc1. The van der Waals surface area contributed by atoms with E-state index >= 15 is 0 Å². The van der Waals surface area contributed by atoms with E-state index in [1.54, 1.807) is 0 Å². The smallest absolute Gasteiger partial charge is 0.412 e. The molecule has 1 aromatic rings. The van der Waals surface area contributed by atoms with Gasteiger partial charge in [-0.15, -0.1) is 0 Å². The highest BCUT2D eigenvalue weighted by Gasteiger charge is 2.46. The molecule has 0 aliphatic heterocycles. The highest BCUT2D eigenvalue weighted by atomic mass is 19.4. The minimum Gasteiger partial charge on any atom is -0.497 e. The fraction of sp³-hybridized carbons (Fsp3) is 0.467. The number of aliphatic carboxylic acids is 1. The lowest BCUT2D eigenvalue weighted by molar-refractivity contribution is -0.168. The fourth-order valence-corrected chi connectivity index (χ4v) is 2.51. The molecule has 0 bridgehead atoms. The number of methoxy groups -OCH3 is 1. The van der Waals surface area contributed by atoms with Gasteiger partial charge in [-0.05, 0) is 30.5 Å². The molecule has 1 fully saturated rings. The van der Waals surface area contributed by atoms with Gasteiger partial charge in [-0.25, -0.2) is 0 Å². The summed E-state index contributed by atoms with van der Waals surface area (Å²) in [5.74, 6) is -3.49. The fourth-order valence-electron chi connectivity index (χ4n) is 2.51. The zero-order chi connectivity index (χ0) is 17.2. The number of nitrogens with one attached hydrogen (secondary N) is 1. The van der Waals surface area contributed by atoms with Crippen LogP contribution >= 0.6 is 0 Å². The Morgan fingerprint density at radius 3 is 2.17 bits per heavy atom. The van der Waals surface area contributed by atoms with E-state index in [9.17, 15) is 22.8 Å². The van der Waals surface area contributed by atoms with Crippen LogP contribution in [0.4, 0.5) is 13.2 Å². The second kappa shape index (κ2) is 6.47. The van der Waals surface area contributed by atoms with Gasteiger partial charge in [-0.3, -0.25) is 9.59 Å². The van der Waals surface area contributed by atoms with Crippen LogP contribution < -0.4 is 10.1 Å². The predicted octanol–water partition coefficient (Wildman–Crippen LogP) is 2.53. The molecule has 0 saturated heterocycles. The van der Waals surface area contributed by atoms with E-state index < -0.39 is 35.9 Å². The summed E-state index contributed by atoms with van der Waals surface area (Å²) in [6.45, 7) is 0. The Kier molecular flexibility index (Phi) is 4.82. The summed E-state index contributed by atoms with van der Waals surface area (Å²) in [5.41, 5.74) is -0.141. The van der Waals surface area contributed by atoms with E-state index in [0.29, 0.717) is 12.2 Å². The predicted molar refractivity (Wildman–Crippen MR) is 73.8 cm³/mol. The van der Waals surface area contributed by atoms with Gasteiger partial charge in [0.05, 0.1) is 18.9 Å². The highest BCUT2D eigenvalue weighted by Crippen LogP contribution is 2.38. The molecule has 3 atom stereocenters. The van der Waals surface area contributed by atoms with E-state index in [4.69, 9.17) is 9.84 Å². The molecule has 1 saturated carbocycles. The lowest BCUT2D eigenvalue weighted by Crippen LogP contribution is -2.47. The summed E-state index contributed by atoms with van der Waals surface area (Å²) in [7, 11) is 1.39. The number of carboxylic acid groups (broad SMARTS) is 1. The minimum absolute atomic E-state index is 0.141. The standard InChI is InChI=1S/C15H16F3NO4/c1-23-9-4-2-8(3-5-9)12(15(16,17)18)19-13(20)10-6-7-11(10)14(21)22/h2-5,10-12H,6-7H2,1H3,(H,19,20)(H,21,22). The largest absolute Gasteiger partial charge is 0.497 e. The van der Waals surface area contributed by atoms with Crippen LogP contribution in [0.3, 0.4) is 0 Å². The van der Waals surface area contributed by atoms with Crippen molar-refractivity contribution >= 4 is 11.9 Å². The first-order valence-corrected chi connectivity index (χ1v) is 6.98. The van der Waals surface area contributed by atoms with Crippen molar-refractivity contribution < 1.29 is 32.6 Å². The van der Waals surface area contributed by atoms with Crippen molar-refractivity contribution in [3.63, 3.8) is 0 Å². The van der Waals surface area contributed by atoms with Gasteiger partial charge >= 0.3 is 12.1 Å². The minimum atomic E-state index is -4.69. The number of hydrogen-bond acceptors (Lipinski definition) is 3. The third kappa shape index (κ3) is 3.75. The Balaban J connectivity index is 2.16. The molecular weight excluding hydrogens is 315 g/mol. The van der Waals surface area contributed by atoms with Gasteiger partial charge in [-0.1, -0.05) is 12.1 Å². The number of rotatable bonds is 5. The summed E-state index contributed by atoms with van der Waals surface area (Å²) in [6, 6.07) is 2.98. The summed E-state index contributed by atoms with van der Waals surface area (Å²) in [6.07, 6.45) is -4.12. The van der Waals surface area contributed by atoms with E-state index in [1.807, 2.05) is 5.32 Å².